The maximum atomic E-state index is 12.0. The molecule has 0 aromatic rings. The van der Waals surface area contributed by atoms with E-state index in [0.717, 1.165) is 0 Å². The molecule has 0 aliphatic rings. The van der Waals surface area contributed by atoms with E-state index in [1.54, 1.807) is 6.92 Å². The number of rotatable bonds is 4. The number of hydrogen-bond acceptors (Lipinski definition) is 2. The Balaban J connectivity index is 4.10. The van der Waals surface area contributed by atoms with Crippen LogP contribution in [0.4, 0.5) is 13.2 Å². The van der Waals surface area contributed by atoms with Crippen LogP contribution in [0.1, 0.15) is 6.92 Å². The Morgan fingerprint density at radius 3 is 2.50 bits per heavy atom. The normalized spacial score (nSPS) is 12.9. The van der Waals surface area contributed by atoms with Gasteiger partial charge in [0.25, 0.3) is 0 Å². The van der Waals surface area contributed by atoms with Gasteiger partial charge in [0, 0.05) is 6.54 Å². The van der Waals surface area contributed by atoms with E-state index in [0.29, 0.717) is 0 Å². The van der Waals surface area contributed by atoms with E-state index in [4.69, 9.17) is 5.11 Å². The fourth-order valence-electron chi connectivity index (χ4n) is 0.710. The zero-order valence-corrected chi connectivity index (χ0v) is 7.48. The van der Waals surface area contributed by atoms with E-state index in [2.05, 4.69) is 17.2 Å². The summed E-state index contributed by atoms with van der Waals surface area (Å²) in [5.41, 5.74) is 0. The number of halogens is 3. The second kappa shape index (κ2) is 5.50. The Labute approximate surface area is 79.3 Å². The molecule has 0 amide bonds. The van der Waals surface area contributed by atoms with Crippen molar-refractivity contribution in [3.05, 3.63) is 0 Å². The summed E-state index contributed by atoms with van der Waals surface area (Å²) in [6.45, 7) is 0.935. The lowest BCUT2D eigenvalue weighted by molar-refractivity contribution is -0.192. The third-order valence-corrected chi connectivity index (χ3v) is 1.43. The van der Waals surface area contributed by atoms with Crippen LogP contribution in [0.15, 0.2) is 0 Å². The standard InChI is InChI=1S/C8H10F3NO2/c1-2-3-4-12-5-6(7(13)14)8(9,10)11/h6,12H,4-5H2,1H3,(H,13,14). The van der Waals surface area contributed by atoms with Gasteiger partial charge in [-0.2, -0.15) is 13.2 Å². The molecule has 1 atom stereocenters. The first kappa shape index (κ1) is 12.8. The Morgan fingerprint density at radius 2 is 2.14 bits per heavy atom. The minimum absolute atomic E-state index is 0.0519. The minimum Gasteiger partial charge on any atom is -0.481 e. The van der Waals surface area contributed by atoms with Gasteiger partial charge in [-0.25, -0.2) is 0 Å². The van der Waals surface area contributed by atoms with Crippen molar-refractivity contribution in [2.24, 2.45) is 5.92 Å². The number of nitrogens with one attached hydrogen (secondary N) is 1. The lowest BCUT2D eigenvalue weighted by Gasteiger charge is -2.15. The second-order valence-corrected chi connectivity index (χ2v) is 2.49. The van der Waals surface area contributed by atoms with Crippen molar-refractivity contribution in [2.75, 3.05) is 13.1 Å². The predicted molar refractivity (Wildman–Crippen MR) is 43.5 cm³/mol. The molecule has 0 aromatic carbocycles. The van der Waals surface area contributed by atoms with Gasteiger partial charge in [0.15, 0.2) is 5.92 Å². The molecule has 0 heterocycles. The fraction of sp³-hybridized carbons (Fsp3) is 0.625. The van der Waals surface area contributed by atoms with Gasteiger partial charge < -0.3 is 10.4 Å². The zero-order valence-electron chi connectivity index (χ0n) is 7.48. The first-order chi connectivity index (χ1) is 6.39. The van der Waals surface area contributed by atoms with Gasteiger partial charge in [-0.05, 0) is 6.92 Å². The number of hydrogen-bond donors (Lipinski definition) is 2. The van der Waals surface area contributed by atoms with Crippen LogP contribution >= 0.6 is 0 Å². The lowest BCUT2D eigenvalue weighted by Crippen LogP contribution is -2.39. The largest absolute Gasteiger partial charge is 0.481 e. The Bertz CT molecular complexity index is 252. The first-order valence-electron chi connectivity index (χ1n) is 3.79. The fourth-order valence-corrected chi connectivity index (χ4v) is 0.710. The summed E-state index contributed by atoms with van der Waals surface area (Å²) in [7, 11) is 0. The summed E-state index contributed by atoms with van der Waals surface area (Å²) in [4.78, 5) is 10.2. The van der Waals surface area contributed by atoms with Gasteiger partial charge in [0.05, 0.1) is 6.54 Å². The smallest absolute Gasteiger partial charge is 0.403 e. The van der Waals surface area contributed by atoms with Gasteiger partial charge in [-0.1, -0.05) is 5.92 Å². The maximum Gasteiger partial charge on any atom is 0.403 e. The number of aliphatic carboxylic acids is 1. The maximum absolute atomic E-state index is 12.0. The van der Waals surface area contributed by atoms with Gasteiger partial charge in [0.2, 0.25) is 0 Å². The highest BCUT2D eigenvalue weighted by Gasteiger charge is 2.44. The summed E-state index contributed by atoms with van der Waals surface area (Å²) in [5.74, 6) is 0.687. The van der Waals surface area contributed by atoms with Crippen molar-refractivity contribution in [1.29, 1.82) is 0 Å². The number of carboxylic acid groups (broad SMARTS) is 1. The van der Waals surface area contributed by atoms with E-state index in [-0.39, 0.29) is 6.54 Å². The molecular weight excluding hydrogens is 199 g/mol. The molecular formula is C8H10F3NO2. The molecule has 6 heteroatoms. The molecule has 0 bridgehead atoms. The predicted octanol–water partition coefficient (Wildman–Crippen LogP) is 0.862. The van der Waals surface area contributed by atoms with Crippen molar-refractivity contribution in [1.82, 2.24) is 5.32 Å². The highest BCUT2D eigenvalue weighted by molar-refractivity contribution is 5.71. The average molecular weight is 209 g/mol. The molecule has 3 nitrogen and oxygen atoms in total. The van der Waals surface area contributed by atoms with Crippen LogP contribution in [-0.2, 0) is 4.79 Å². The van der Waals surface area contributed by atoms with Crippen LogP contribution in [0.2, 0.25) is 0 Å². The van der Waals surface area contributed by atoms with Crippen LogP contribution in [0.25, 0.3) is 0 Å². The molecule has 0 saturated carbocycles. The molecule has 80 valence electrons. The van der Waals surface area contributed by atoms with E-state index >= 15 is 0 Å². The van der Waals surface area contributed by atoms with Crippen LogP contribution < -0.4 is 5.32 Å². The number of alkyl halides is 3. The molecule has 0 aliphatic heterocycles. The monoisotopic (exact) mass is 209 g/mol. The summed E-state index contributed by atoms with van der Waals surface area (Å²) in [5, 5.41) is 10.6. The molecule has 0 saturated heterocycles. The second-order valence-electron chi connectivity index (χ2n) is 2.49. The average Bonchev–Trinajstić information content (AvgIpc) is 2.01. The van der Waals surface area contributed by atoms with Crippen molar-refractivity contribution in [3.63, 3.8) is 0 Å². The van der Waals surface area contributed by atoms with Gasteiger partial charge in [0.1, 0.15) is 0 Å². The van der Waals surface area contributed by atoms with E-state index in [9.17, 15) is 18.0 Å². The number of carbonyl (C=O) groups is 1. The van der Waals surface area contributed by atoms with E-state index in [1.165, 1.54) is 0 Å². The van der Waals surface area contributed by atoms with Crippen LogP contribution in [-0.4, -0.2) is 30.3 Å². The van der Waals surface area contributed by atoms with Crippen molar-refractivity contribution >= 4 is 5.97 Å². The third-order valence-electron chi connectivity index (χ3n) is 1.43. The molecule has 0 spiro atoms. The van der Waals surface area contributed by atoms with Crippen LogP contribution in [0.3, 0.4) is 0 Å². The van der Waals surface area contributed by atoms with E-state index in [1.807, 2.05) is 0 Å². The first-order valence-corrected chi connectivity index (χ1v) is 3.79. The van der Waals surface area contributed by atoms with Gasteiger partial charge in [-0.15, -0.1) is 5.92 Å². The van der Waals surface area contributed by atoms with Gasteiger partial charge in [-0.3, -0.25) is 4.79 Å². The van der Waals surface area contributed by atoms with Crippen LogP contribution in [0, 0.1) is 17.8 Å². The molecule has 14 heavy (non-hydrogen) atoms. The third kappa shape index (κ3) is 4.72. The summed E-state index contributed by atoms with van der Waals surface area (Å²) < 4.78 is 36.1. The molecule has 0 aliphatic carbocycles. The van der Waals surface area contributed by atoms with E-state index < -0.39 is 24.6 Å². The Hall–Kier alpha value is -1.22. The Kier molecular flexibility index (Phi) is 5.02. The highest BCUT2D eigenvalue weighted by Crippen LogP contribution is 2.25. The van der Waals surface area contributed by atoms with Crippen molar-refractivity contribution in [3.8, 4) is 11.8 Å². The molecule has 1 unspecified atom stereocenters. The molecule has 0 fully saturated rings. The summed E-state index contributed by atoms with van der Waals surface area (Å²) in [6, 6.07) is 0. The quantitative estimate of drug-likeness (QED) is 0.533. The molecule has 0 rings (SSSR count). The SMILES string of the molecule is CC#CCNCC(C(=O)O)C(F)(F)F. The summed E-state index contributed by atoms with van der Waals surface area (Å²) in [6.07, 6.45) is -4.72. The zero-order chi connectivity index (χ0) is 11.2. The highest BCUT2D eigenvalue weighted by atomic mass is 19.4. The van der Waals surface area contributed by atoms with Crippen LogP contribution in [0.5, 0.6) is 0 Å². The van der Waals surface area contributed by atoms with Crippen molar-refractivity contribution < 1.29 is 23.1 Å². The van der Waals surface area contributed by atoms with Gasteiger partial charge >= 0.3 is 12.1 Å². The lowest BCUT2D eigenvalue weighted by atomic mass is 10.1. The van der Waals surface area contributed by atoms with Crippen molar-refractivity contribution in [2.45, 2.75) is 13.1 Å². The number of carboxylic acids is 1. The minimum atomic E-state index is -4.72. The topological polar surface area (TPSA) is 49.3 Å². The molecule has 0 aromatic heterocycles. The molecule has 2 N–H and O–H groups in total. The Morgan fingerprint density at radius 1 is 1.57 bits per heavy atom. The molecule has 0 radical (unpaired) electrons. The summed E-state index contributed by atoms with van der Waals surface area (Å²) >= 11 is 0.